The van der Waals surface area contributed by atoms with Gasteiger partial charge in [-0.05, 0) is 30.3 Å². The molecule has 0 saturated carbocycles. The maximum Gasteiger partial charge on any atom is 0.337 e. The van der Waals surface area contributed by atoms with Crippen molar-refractivity contribution in [3.63, 3.8) is 0 Å². The lowest BCUT2D eigenvalue weighted by atomic mass is 10.2. The number of anilines is 2. The number of rotatable bonds is 4. The third-order valence-electron chi connectivity index (χ3n) is 2.62. The molecule has 2 rings (SSSR count). The molecule has 21 heavy (non-hydrogen) atoms. The van der Waals surface area contributed by atoms with E-state index < -0.39 is 26.5 Å². The van der Waals surface area contributed by atoms with Crippen molar-refractivity contribution in [1.29, 1.82) is 0 Å². The van der Waals surface area contributed by atoms with Crippen LogP contribution in [0.3, 0.4) is 0 Å². The molecular weight excluding hydrogens is 296 g/mol. The maximum atomic E-state index is 12.3. The Balaban J connectivity index is 2.47. The van der Waals surface area contributed by atoms with E-state index in [-0.39, 0.29) is 17.1 Å². The molecule has 0 amide bonds. The number of carbonyl (C=O) groups is 1. The summed E-state index contributed by atoms with van der Waals surface area (Å²) in [5.74, 6) is -1.52. The Morgan fingerprint density at radius 1 is 1.14 bits per heavy atom. The standard InChI is InChI=1S/C13H12N2O5S/c14-8-4-5-12(11(6-8)13(17)18)21(19,20)15-9-2-1-3-10(16)7-9/h1-7,15-16H,14H2,(H,17,18). The smallest absolute Gasteiger partial charge is 0.337 e. The lowest BCUT2D eigenvalue weighted by molar-refractivity contribution is 0.0692. The molecule has 0 heterocycles. The van der Waals surface area contributed by atoms with Crippen LogP contribution < -0.4 is 10.5 Å². The zero-order chi connectivity index (χ0) is 15.6. The average molecular weight is 308 g/mol. The predicted octanol–water partition coefficient (Wildman–Crippen LogP) is 1.47. The zero-order valence-electron chi connectivity index (χ0n) is 10.6. The predicted molar refractivity (Wildman–Crippen MR) is 76.7 cm³/mol. The number of carboxylic acid groups (broad SMARTS) is 1. The molecule has 0 aliphatic heterocycles. The van der Waals surface area contributed by atoms with Gasteiger partial charge in [-0.1, -0.05) is 6.07 Å². The molecule has 7 nitrogen and oxygen atoms in total. The second-order valence-corrected chi connectivity index (χ2v) is 5.87. The van der Waals surface area contributed by atoms with E-state index in [1.54, 1.807) is 0 Å². The van der Waals surface area contributed by atoms with Crippen molar-refractivity contribution in [1.82, 2.24) is 0 Å². The van der Waals surface area contributed by atoms with Crippen LogP contribution in [-0.2, 0) is 10.0 Å². The highest BCUT2D eigenvalue weighted by molar-refractivity contribution is 7.92. The molecular formula is C13H12N2O5S. The number of nitrogens with one attached hydrogen (secondary N) is 1. The first kappa shape index (κ1) is 14.7. The number of nitrogen functional groups attached to an aromatic ring is 1. The van der Waals surface area contributed by atoms with E-state index in [9.17, 15) is 18.3 Å². The average Bonchev–Trinajstić information content (AvgIpc) is 2.37. The van der Waals surface area contributed by atoms with Crippen LogP contribution in [0.2, 0.25) is 0 Å². The Labute approximate surface area is 120 Å². The lowest BCUT2D eigenvalue weighted by Crippen LogP contribution is -2.17. The second-order valence-electron chi connectivity index (χ2n) is 4.22. The molecule has 0 spiro atoms. The Kier molecular flexibility index (Phi) is 3.72. The van der Waals surface area contributed by atoms with E-state index in [1.165, 1.54) is 30.3 Å². The van der Waals surface area contributed by atoms with Gasteiger partial charge in [0, 0.05) is 11.8 Å². The van der Waals surface area contributed by atoms with Gasteiger partial charge in [-0.25, -0.2) is 13.2 Å². The third-order valence-corrected chi connectivity index (χ3v) is 4.06. The summed E-state index contributed by atoms with van der Waals surface area (Å²) in [6.07, 6.45) is 0. The molecule has 0 fully saturated rings. The van der Waals surface area contributed by atoms with Crippen LogP contribution in [0.25, 0.3) is 0 Å². The molecule has 110 valence electrons. The van der Waals surface area contributed by atoms with Gasteiger partial charge in [0.1, 0.15) is 10.6 Å². The SMILES string of the molecule is Nc1ccc(S(=O)(=O)Nc2cccc(O)c2)c(C(=O)O)c1. The fraction of sp³-hybridized carbons (Fsp3) is 0. The number of carboxylic acids is 1. The van der Waals surface area contributed by atoms with Crippen LogP contribution in [0.1, 0.15) is 10.4 Å². The highest BCUT2D eigenvalue weighted by Gasteiger charge is 2.22. The van der Waals surface area contributed by atoms with Crippen molar-refractivity contribution in [2.45, 2.75) is 4.90 Å². The van der Waals surface area contributed by atoms with E-state index >= 15 is 0 Å². The largest absolute Gasteiger partial charge is 0.508 e. The van der Waals surface area contributed by atoms with E-state index in [0.717, 1.165) is 12.1 Å². The number of phenolic OH excluding ortho intramolecular Hbond substituents is 1. The van der Waals surface area contributed by atoms with Gasteiger partial charge in [0.2, 0.25) is 0 Å². The molecule has 2 aromatic carbocycles. The molecule has 0 aromatic heterocycles. The molecule has 0 aliphatic rings. The molecule has 0 atom stereocenters. The Bertz CT molecular complexity index is 802. The summed E-state index contributed by atoms with van der Waals surface area (Å²) in [7, 11) is -4.12. The molecule has 2 aromatic rings. The van der Waals surface area contributed by atoms with Crippen molar-refractivity contribution >= 4 is 27.4 Å². The minimum Gasteiger partial charge on any atom is -0.508 e. The van der Waals surface area contributed by atoms with Gasteiger partial charge in [0.05, 0.1) is 11.3 Å². The highest BCUT2D eigenvalue weighted by atomic mass is 32.2. The molecule has 0 unspecified atom stereocenters. The first-order valence-electron chi connectivity index (χ1n) is 5.74. The Morgan fingerprint density at radius 2 is 1.86 bits per heavy atom. The van der Waals surface area contributed by atoms with Crippen LogP contribution in [0.5, 0.6) is 5.75 Å². The van der Waals surface area contributed by atoms with Crippen LogP contribution in [-0.4, -0.2) is 24.6 Å². The summed E-state index contributed by atoms with van der Waals surface area (Å²) >= 11 is 0. The van der Waals surface area contributed by atoms with Crippen molar-refractivity contribution in [3.05, 3.63) is 48.0 Å². The quantitative estimate of drug-likeness (QED) is 0.633. The van der Waals surface area contributed by atoms with Gasteiger partial charge in [0.25, 0.3) is 10.0 Å². The Morgan fingerprint density at radius 3 is 2.48 bits per heavy atom. The fourth-order valence-corrected chi connectivity index (χ4v) is 2.96. The van der Waals surface area contributed by atoms with Crippen molar-refractivity contribution in [2.75, 3.05) is 10.5 Å². The summed E-state index contributed by atoms with van der Waals surface area (Å²) in [6, 6.07) is 8.94. The summed E-state index contributed by atoms with van der Waals surface area (Å²) in [6.45, 7) is 0. The molecule has 0 aliphatic carbocycles. The molecule has 0 radical (unpaired) electrons. The fourth-order valence-electron chi connectivity index (χ4n) is 1.73. The first-order chi connectivity index (χ1) is 9.79. The van der Waals surface area contributed by atoms with Crippen molar-refractivity contribution < 1.29 is 23.4 Å². The van der Waals surface area contributed by atoms with Gasteiger partial charge in [-0.15, -0.1) is 0 Å². The number of nitrogens with two attached hydrogens (primary N) is 1. The second kappa shape index (κ2) is 5.33. The number of aromatic hydroxyl groups is 1. The minimum absolute atomic E-state index is 0.114. The normalized spacial score (nSPS) is 11.0. The number of benzene rings is 2. The van der Waals surface area contributed by atoms with Crippen LogP contribution in [0.15, 0.2) is 47.4 Å². The zero-order valence-corrected chi connectivity index (χ0v) is 11.5. The van der Waals surface area contributed by atoms with E-state index in [1.807, 2.05) is 0 Å². The van der Waals surface area contributed by atoms with E-state index in [2.05, 4.69) is 4.72 Å². The summed E-state index contributed by atoms with van der Waals surface area (Å²) in [5, 5.41) is 18.4. The van der Waals surface area contributed by atoms with Gasteiger partial charge in [0.15, 0.2) is 0 Å². The monoisotopic (exact) mass is 308 g/mol. The number of phenols is 1. The number of hydrogen-bond acceptors (Lipinski definition) is 5. The lowest BCUT2D eigenvalue weighted by Gasteiger charge is -2.11. The number of sulfonamides is 1. The number of hydrogen-bond donors (Lipinski definition) is 4. The highest BCUT2D eigenvalue weighted by Crippen LogP contribution is 2.23. The van der Waals surface area contributed by atoms with Crippen LogP contribution >= 0.6 is 0 Å². The van der Waals surface area contributed by atoms with E-state index in [4.69, 9.17) is 10.8 Å². The maximum absolute atomic E-state index is 12.3. The van der Waals surface area contributed by atoms with Crippen LogP contribution in [0, 0.1) is 0 Å². The van der Waals surface area contributed by atoms with Crippen LogP contribution in [0.4, 0.5) is 11.4 Å². The molecule has 5 N–H and O–H groups in total. The topological polar surface area (TPSA) is 130 Å². The van der Waals surface area contributed by atoms with Crippen molar-refractivity contribution in [3.8, 4) is 5.75 Å². The summed E-state index contributed by atoms with van der Waals surface area (Å²) in [4.78, 5) is 10.7. The van der Waals surface area contributed by atoms with Gasteiger partial charge in [-0.2, -0.15) is 0 Å². The van der Waals surface area contributed by atoms with E-state index in [0.29, 0.717) is 0 Å². The minimum atomic E-state index is -4.12. The summed E-state index contributed by atoms with van der Waals surface area (Å²) < 4.78 is 26.7. The van der Waals surface area contributed by atoms with Gasteiger partial charge >= 0.3 is 5.97 Å². The summed E-state index contributed by atoms with van der Waals surface area (Å²) in [5.41, 5.74) is 5.30. The third kappa shape index (κ3) is 3.23. The number of aromatic carboxylic acids is 1. The van der Waals surface area contributed by atoms with Gasteiger partial charge in [-0.3, -0.25) is 4.72 Å². The van der Waals surface area contributed by atoms with Gasteiger partial charge < -0.3 is 15.9 Å². The Hall–Kier alpha value is -2.74. The van der Waals surface area contributed by atoms with Crippen molar-refractivity contribution in [2.24, 2.45) is 0 Å². The molecule has 0 saturated heterocycles. The molecule has 8 heteroatoms. The first-order valence-corrected chi connectivity index (χ1v) is 7.22. The molecule has 0 bridgehead atoms.